The number of hydrogen-bond donors (Lipinski definition) is 0. The Bertz CT molecular complexity index is 572. The number of benzene rings is 1. The molecule has 0 N–H and O–H groups in total. The summed E-state index contributed by atoms with van der Waals surface area (Å²) in [5.74, 6) is -3.13. The highest BCUT2D eigenvalue weighted by Crippen LogP contribution is 2.36. The monoisotopic (exact) mass is 332 g/mol. The largest absolute Gasteiger partial charge is 0.496 e. The second kappa shape index (κ2) is 6.10. The van der Waals surface area contributed by atoms with Crippen molar-refractivity contribution in [2.24, 2.45) is 0 Å². The molecule has 0 aliphatic heterocycles. The van der Waals surface area contributed by atoms with Gasteiger partial charge in [-0.1, -0.05) is 0 Å². The van der Waals surface area contributed by atoms with E-state index in [1.54, 1.807) is 0 Å². The average Bonchev–Trinajstić information content (AvgIpc) is 2.40. The van der Waals surface area contributed by atoms with Crippen molar-refractivity contribution in [1.29, 1.82) is 5.26 Å². The molecule has 0 aliphatic carbocycles. The van der Waals surface area contributed by atoms with Gasteiger partial charge in [0.05, 0.1) is 28.1 Å². The summed E-state index contributed by atoms with van der Waals surface area (Å²) >= 11 is 3.03. The second-order valence-electron chi connectivity index (χ2n) is 3.26. The highest BCUT2D eigenvalue weighted by atomic mass is 79.9. The minimum atomic E-state index is -1.76. The summed E-state index contributed by atoms with van der Waals surface area (Å²) in [6.07, 6.45) is 0. The van der Waals surface area contributed by atoms with Crippen LogP contribution in [0.2, 0.25) is 0 Å². The van der Waals surface area contributed by atoms with Crippen LogP contribution in [-0.4, -0.2) is 18.0 Å². The molecule has 0 spiro atoms. The lowest BCUT2D eigenvalue weighted by Gasteiger charge is -2.09. The van der Waals surface area contributed by atoms with Crippen LogP contribution < -0.4 is 4.74 Å². The van der Waals surface area contributed by atoms with Gasteiger partial charge < -0.3 is 4.74 Å². The van der Waals surface area contributed by atoms with Crippen molar-refractivity contribution in [3.8, 4) is 11.8 Å². The van der Waals surface area contributed by atoms with Crippen molar-refractivity contribution >= 4 is 27.6 Å². The fourth-order valence-electron chi connectivity index (χ4n) is 1.40. The topological polar surface area (TPSA) is 102 Å². The molecule has 0 aliphatic rings. The number of methoxy groups -OCH3 is 1. The van der Waals surface area contributed by atoms with Crippen LogP contribution in [0.25, 0.3) is 0 Å². The van der Waals surface area contributed by atoms with Crippen LogP contribution in [0.5, 0.6) is 5.75 Å². The summed E-state index contributed by atoms with van der Waals surface area (Å²) in [7, 11) is 1.30. The van der Waals surface area contributed by atoms with Gasteiger partial charge >= 0.3 is 5.97 Å². The van der Waals surface area contributed by atoms with E-state index in [-0.39, 0.29) is 15.8 Å². The van der Waals surface area contributed by atoms with Gasteiger partial charge in [0.1, 0.15) is 5.75 Å². The van der Waals surface area contributed by atoms with E-state index in [0.29, 0.717) is 0 Å². The SMILES string of the molecule is COc1cc(C(C#N)C(=O)OF)c([N+](=O)[O-])cc1Br. The van der Waals surface area contributed by atoms with Crippen molar-refractivity contribution in [2.75, 3.05) is 7.11 Å². The Morgan fingerprint density at radius 3 is 2.68 bits per heavy atom. The maximum absolute atomic E-state index is 11.9. The standard InChI is InChI=1S/C10H6BrFN2O5/c1-18-9-2-5(6(4-13)10(15)19-12)8(14(16)17)3-7(9)11/h2-3,6H,1H3. The molecule has 0 bridgehead atoms. The molecule has 0 saturated carbocycles. The van der Waals surface area contributed by atoms with Crippen molar-refractivity contribution < 1.29 is 23.9 Å². The Morgan fingerprint density at radius 2 is 2.26 bits per heavy atom. The molecule has 1 aromatic carbocycles. The molecule has 1 aromatic rings. The van der Waals surface area contributed by atoms with E-state index >= 15 is 0 Å². The minimum absolute atomic E-state index is 0.160. The first-order chi connectivity index (χ1) is 8.96. The summed E-state index contributed by atoms with van der Waals surface area (Å²) in [4.78, 5) is 24.2. The molecule has 0 aromatic heterocycles. The number of nitro groups is 1. The van der Waals surface area contributed by atoms with Crippen LogP contribution in [0, 0.1) is 21.4 Å². The van der Waals surface area contributed by atoms with E-state index < -0.39 is 22.5 Å². The fourth-order valence-corrected chi connectivity index (χ4v) is 1.89. The lowest BCUT2D eigenvalue weighted by Crippen LogP contribution is -2.13. The van der Waals surface area contributed by atoms with Crippen LogP contribution in [0.1, 0.15) is 11.5 Å². The third kappa shape index (κ3) is 2.97. The zero-order valence-electron chi connectivity index (χ0n) is 9.42. The second-order valence-corrected chi connectivity index (χ2v) is 4.12. The Hall–Kier alpha value is -2.21. The van der Waals surface area contributed by atoms with Gasteiger partial charge in [-0.05, 0) is 22.0 Å². The summed E-state index contributed by atoms with van der Waals surface area (Å²) in [5.41, 5.74) is -0.833. The number of nitrogens with zero attached hydrogens (tertiary/aromatic N) is 2. The molecule has 1 rings (SSSR count). The first-order valence-electron chi connectivity index (χ1n) is 4.70. The Labute approximate surface area is 114 Å². The van der Waals surface area contributed by atoms with E-state index in [9.17, 15) is 19.4 Å². The Morgan fingerprint density at radius 1 is 1.63 bits per heavy atom. The molecule has 1 unspecified atom stereocenters. The normalized spacial score (nSPS) is 11.3. The van der Waals surface area contributed by atoms with Crippen molar-refractivity contribution in [3.05, 3.63) is 32.3 Å². The van der Waals surface area contributed by atoms with Gasteiger partial charge in [0.2, 0.25) is 0 Å². The maximum atomic E-state index is 11.9. The van der Waals surface area contributed by atoms with Crippen LogP contribution >= 0.6 is 15.9 Å². The summed E-state index contributed by atoms with van der Waals surface area (Å²) in [5, 5.41) is 19.7. The molecule has 100 valence electrons. The van der Waals surface area contributed by atoms with Crippen LogP contribution in [0.15, 0.2) is 16.6 Å². The Balaban J connectivity index is 3.50. The Kier molecular flexibility index (Phi) is 4.77. The van der Waals surface area contributed by atoms with Gasteiger partial charge in [-0.2, -0.15) is 5.26 Å². The molecule has 9 heteroatoms. The number of nitriles is 1. The molecular formula is C10H6BrFN2O5. The van der Waals surface area contributed by atoms with Gasteiger partial charge in [0.25, 0.3) is 5.69 Å². The lowest BCUT2D eigenvalue weighted by molar-refractivity contribution is -0.385. The van der Waals surface area contributed by atoms with Gasteiger partial charge in [0.15, 0.2) is 5.92 Å². The van der Waals surface area contributed by atoms with Crippen molar-refractivity contribution in [1.82, 2.24) is 0 Å². The third-order valence-electron chi connectivity index (χ3n) is 2.25. The van der Waals surface area contributed by atoms with Crippen molar-refractivity contribution in [3.63, 3.8) is 0 Å². The van der Waals surface area contributed by atoms with E-state index in [0.717, 1.165) is 12.1 Å². The highest BCUT2D eigenvalue weighted by Gasteiger charge is 2.31. The number of hydrogen-bond acceptors (Lipinski definition) is 6. The molecule has 19 heavy (non-hydrogen) atoms. The van der Waals surface area contributed by atoms with Gasteiger partial charge in [0, 0.05) is 10.6 Å². The van der Waals surface area contributed by atoms with Crippen LogP contribution in [-0.2, 0) is 9.74 Å². The fraction of sp³-hybridized carbons (Fsp3) is 0.200. The zero-order valence-corrected chi connectivity index (χ0v) is 11.0. The molecule has 0 amide bonds. The molecule has 7 nitrogen and oxygen atoms in total. The number of ether oxygens (including phenoxy) is 1. The summed E-state index contributed by atoms with van der Waals surface area (Å²) < 4.78 is 17.1. The van der Waals surface area contributed by atoms with Crippen LogP contribution in [0.3, 0.4) is 0 Å². The quantitative estimate of drug-likeness (QED) is 0.619. The highest BCUT2D eigenvalue weighted by molar-refractivity contribution is 9.10. The lowest BCUT2D eigenvalue weighted by atomic mass is 9.98. The average molecular weight is 333 g/mol. The molecule has 0 heterocycles. The zero-order chi connectivity index (χ0) is 14.6. The summed E-state index contributed by atoms with van der Waals surface area (Å²) in [6, 6.07) is 3.61. The molecule has 1 atom stereocenters. The predicted molar refractivity (Wildman–Crippen MR) is 62.9 cm³/mol. The van der Waals surface area contributed by atoms with E-state index in [2.05, 4.69) is 20.9 Å². The minimum Gasteiger partial charge on any atom is -0.496 e. The first kappa shape index (κ1) is 14.8. The molecule has 0 saturated heterocycles. The van der Waals surface area contributed by atoms with E-state index in [4.69, 9.17) is 10.00 Å². The van der Waals surface area contributed by atoms with Crippen molar-refractivity contribution in [2.45, 2.75) is 5.92 Å². The van der Waals surface area contributed by atoms with E-state index in [1.807, 2.05) is 0 Å². The predicted octanol–water partition coefficient (Wildman–Crippen LogP) is 2.40. The molecule has 0 radical (unpaired) electrons. The van der Waals surface area contributed by atoms with E-state index in [1.165, 1.54) is 13.2 Å². The third-order valence-corrected chi connectivity index (χ3v) is 2.87. The number of halogens is 2. The van der Waals surface area contributed by atoms with Gasteiger partial charge in [-0.3, -0.25) is 15.1 Å². The van der Waals surface area contributed by atoms with Gasteiger partial charge in [-0.15, -0.1) is 0 Å². The number of nitro benzene ring substituents is 1. The number of carbonyl (C=O) groups is 1. The first-order valence-corrected chi connectivity index (χ1v) is 5.49. The molecule has 0 fully saturated rings. The molecular weight excluding hydrogens is 327 g/mol. The smallest absolute Gasteiger partial charge is 0.370 e. The number of carbonyl (C=O) groups excluding carboxylic acids is 1. The maximum Gasteiger partial charge on any atom is 0.370 e. The van der Waals surface area contributed by atoms with Gasteiger partial charge in [-0.25, -0.2) is 4.79 Å². The van der Waals surface area contributed by atoms with Crippen LogP contribution in [0.4, 0.5) is 10.2 Å². The summed E-state index contributed by atoms with van der Waals surface area (Å²) in [6.45, 7) is 0. The number of rotatable bonds is 4.